The van der Waals surface area contributed by atoms with Crippen molar-refractivity contribution in [2.24, 2.45) is 0 Å². The number of amides is 1. The second-order valence-electron chi connectivity index (χ2n) is 4.96. The average Bonchev–Trinajstić information content (AvgIpc) is 2.55. The summed E-state index contributed by atoms with van der Waals surface area (Å²) in [5.41, 5.74) is -0.780. The summed E-state index contributed by atoms with van der Waals surface area (Å²) in [7, 11) is 0. The molecule has 0 radical (unpaired) electrons. The summed E-state index contributed by atoms with van der Waals surface area (Å²) in [4.78, 5) is 45.8. The normalized spacial score (nSPS) is 17.8. The van der Waals surface area contributed by atoms with E-state index in [1.165, 1.54) is 31.2 Å². The minimum Gasteiger partial charge on any atom is -0.458 e. The topological polar surface area (TPSA) is 107 Å². The van der Waals surface area contributed by atoms with E-state index < -0.39 is 21.6 Å². The Labute approximate surface area is 146 Å². The molecule has 2 atom stereocenters. The number of nitro benzene ring substituents is 1. The minimum atomic E-state index is -1.26. The SMILES string of the molecule is CC(=O)SC1CN(C(Cl)C(=O)OCc2ccc([N+](=O)[O-])cc2)C1=O. The average molecular weight is 373 g/mol. The van der Waals surface area contributed by atoms with Crippen molar-refractivity contribution in [3.05, 3.63) is 39.9 Å². The van der Waals surface area contributed by atoms with Gasteiger partial charge in [-0.1, -0.05) is 23.4 Å². The van der Waals surface area contributed by atoms with Crippen LogP contribution in [0.4, 0.5) is 5.69 Å². The molecule has 0 aliphatic carbocycles. The largest absolute Gasteiger partial charge is 0.458 e. The van der Waals surface area contributed by atoms with E-state index in [1.807, 2.05) is 0 Å². The third-order valence-corrected chi connectivity index (χ3v) is 4.61. The van der Waals surface area contributed by atoms with E-state index in [0.717, 1.165) is 16.7 Å². The van der Waals surface area contributed by atoms with E-state index in [-0.39, 0.29) is 29.9 Å². The van der Waals surface area contributed by atoms with Crippen LogP contribution in [0.15, 0.2) is 24.3 Å². The molecule has 1 fully saturated rings. The molecule has 24 heavy (non-hydrogen) atoms. The van der Waals surface area contributed by atoms with Gasteiger partial charge in [0.25, 0.3) is 5.69 Å². The van der Waals surface area contributed by atoms with Crippen LogP contribution >= 0.6 is 23.4 Å². The first kappa shape index (κ1) is 18.2. The Morgan fingerprint density at radius 3 is 2.58 bits per heavy atom. The van der Waals surface area contributed by atoms with E-state index in [1.54, 1.807) is 0 Å². The van der Waals surface area contributed by atoms with Gasteiger partial charge in [0.05, 0.1) is 4.92 Å². The molecule has 10 heteroatoms. The van der Waals surface area contributed by atoms with Crippen LogP contribution < -0.4 is 0 Å². The highest BCUT2D eigenvalue weighted by atomic mass is 35.5. The summed E-state index contributed by atoms with van der Waals surface area (Å²) in [5.74, 6) is -1.18. The van der Waals surface area contributed by atoms with Gasteiger partial charge in [0.2, 0.25) is 11.4 Å². The molecule has 1 amide bonds. The number of alkyl halides is 1. The molecule has 0 saturated carbocycles. The number of likely N-dealkylation sites (tertiary alicyclic amines) is 1. The van der Waals surface area contributed by atoms with E-state index in [4.69, 9.17) is 16.3 Å². The molecule has 1 heterocycles. The molecule has 2 unspecified atom stereocenters. The van der Waals surface area contributed by atoms with Crippen molar-refractivity contribution in [3.8, 4) is 0 Å². The number of carbonyl (C=O) groups excluding carboxylic acids is 3. The number of non-ortho nitro benzene ring substituents is 1. The first-order chi connectivity index (χ1) is 11.3. The second kappa shape index (κ2) is 7.63. The monoisotopic (exact) mass is 372 g/mol. The molecule has 0 N–H and O–H groups in total. The van der Waals surface area contributed by atoms with Crippen LogP contribution in [0.5, 0.6) is 0 Å². The van der Waals surface area contributed by atoms with Crippen LogP contribution in [0.3, 0.4) is 0 Å². The molecule has 128 valence electrons. The lowest BCUT2D eigenvalue weighted by molar-refractivity contribution is -0.384. The number of hydrogen-bond donors (Lipinski definition) is 0. The van der Waals surface area contributed by atoms with Crippen molar-refractivity contribution >= 4 is 46.0 Å². The summed E-state index contributed by atoms with van der Waals surface area (Å²) in [6.45, 7) is 1.44. The molecule has 0 bridgehead atoms. The van der Waals surface area contributed by atoms with E-state index in [2.05, 4.69) is 0 Å². The molecule has 0 aromatic heterocycles. The maximum Gasteiger partial charge on any atom is 0.344 e. The fourth-order valence-electron chi connectivity index (χ4n) is 1.98. The fourth-order valence-corrected chi connectivity index (χ4v) is 3.09. The Kier molecular flexibility index (Phi) is 5.79. The van der Waals surface area contributed by atoms with E-state index >= 15 is 0 Å². The smallest absolute Gasteiger partial charge is 0.344 e. The van der Waals surface area contributed by atoms with Crippen molar-refractivity contribution in [2.75, 3.05) is 6.54 Å². The fraction of sp³-hybridized carbons (Fsp3) is 0.357. The molecule has 1 aliphatic heterocycles. The number of halogens is 1. The van der Waals surface area contributed by atoms with Crippen LogP contribution in [0, 0.1) is 10.1 Å². The van der Waals surface area contributed by atoms with Crippen LogP contribution in [0.1, 0.15) is 12.5 Å². The van der Waals surface area contributed by atoms with Crippen LogP contribution in [-0.4, -0.2) is 44.1 Å². The van der Waals surface area contributed by atoms with Gasteiger partial charge in [-0.3, -0.25) is 19.7 Å². The number of rotatable bonds is 6. The van der Waals surface area contributed by atoms with Gasteiger partial charge in [0, 0.05) is 25.6 Å². The van der Waals surface area contributed by atoms with E-state index in [9.17, 15) is 24.5 Å². The minimum absolute atomic E-state index is 0.0690. The zero-order valence-corrected chi connectivity index (χ0v) is 14.1. The molecule has 0 spiro atoms. The number of β-lactam (4-membered cyclic amide) rings is 1. The second-order valence-corrected chi connectivity index (χ2v) is 6.75. The highest BCUT2D eigenvalue weighted by Gasteiger charge is 2.44. The third kappa shape index (κ3) is 4.24. The first-order valence-electron chi connectivity index (χ1n) is 6.81. The quantitative estimate of drug-likeness (QED) is 0.187. The van der Waals surface area contributed by atoms with Gasteiger partial charge < -0.3 is 9.64 Å². The maximum absolute atomic E-state index is 11.9. The van der Waals surface area contributed by atoms with Gasteiger partial charge in [0.15, 0.2) is 5.12 Å². The maximum atomic E-state index is 11.9. The Balaban J connectivity index is 1.83. The highest BCUT2D eigenvalue weighted by Crippen LogP contribution is 2.28. The number of hydrogen-bond acceptors (Lipinski definition) is 7. The predicted octanol–water partition coefficient (Wildman–Crippen LogP) is 1.69. The van der Waals surface area contributed by atoms with Crippen LogP contribution in [0.25, 0.3) is 0 Å². The lowest BCUT2D eigenvalue weighted by Gasteiger charge is -2.39. The molecule has 2 rings (SSSR count). The molecule has 8 nitrogen and oxygen atoms in total. The lowest BCUT2D eigenvalue weighted by atomic mass is 10.2. The van der Waals surface area contributed by atoms with Gasteiger partial charge in [-0.15, -0.1) is 0 Å². The molecule has 1 aliphatic rings. The molecule has 1 aromatic carbocycles. The van der Waals surface area contributed by atoms with Crippen molar-refractivity contribution < 1.29 is 24.0 Å². The third-order valence-electron chi connectivity index (χ3n) is 3.23. The van der Waals surface area contributed by atoms with Crippen molar-refractivity contribution in [1.82, 2.24) is 4.90 Å². The summed E-state index contributed by atoms with van der Waals surface area (Å²) in [6.07, 6.45) is 0. The number of esters is 1. The number of carbonyl (C=O) groups is 3. The van der Waals surface area contributed by atoms with Gasteiger partial charge in [0.1, 0.15) is 11.9 Å². The van der Waals surface area contributed by atoms with Gasteiger partial charge in [-0.05, 0) is 17.7 Å². The standard InChI is InChI=1S/C14H13ClN2O6S/c1-8(18)24-11-6-16(13(11)19)12(15)14(20)23-7-9-2-4-10(5-3-9)17(21)22/h2-5,11-12H,6-7H2,1H3. The molecular weight excluding hydrogens is 360 g/mol. The first-order valence-corrected chi connectivity index (χ1v) is 8.13. The number of nitro groups is 1. The summed E-state index contributed by atoms with van der Waals surface area (Å²) in [6, 6.07) is 5.51. The molecule has 1 saturated heterocycles. The Bertz CT molecular complexity index is 680. The van der Waals surface area contributed by atoms with Crippen molar-refractivity contribution in [2.45, 2.75) is 24.3 Å². The molecule has 1 aromatic rings. The van der Waals surface area contributed by atoms with E-state index in [0.29, 0.717) is 5.56 Å². The summed E-state index contributed by atoms with van der Waals surface area (Å²) < 4.78 is 5.00. The number of benzene rings is 1. The van der Waals surface area contributed by atoms with Gasteiger partial charge >= 0.3 is 5.97 Å². The number of ether oxygens (including phenoxy) is 1. The van der Waals surface area contributed by atoms with Crippen LogP contribution in [0.2, 0.25) is 0 Å². The number of thioether (sulfide) groups is 1. The van der Waals surface area contributed by atoms with Gasteiger partial charge in [-0.2, -0.15) is 0 Å². The van der Waals surface area contributed by atoms with Crippen molar-refractivity contribution in [1.29, 1.82) is 0 Å². The zero-order valence-electron chi connectivity index (χ0n) is 12.5. The van der Waals surface area contributed by atoms with Crippen molar-refractivity contribution in [3.63, 3.8) is 0 Å². The zero-order chi connectivity index (χ0) is 17.9. The Morgan fingerprint density at radius 1 is 1.46 bits per heavy atom. The Hall–Kier alpha value is -2.13. The molecular formula is C14H13ClN2O6S. The summed E-state index contributed by atoms with van der Waals surface area (Å²) >= 11 is 6.81. The van der Waals surface area contributed by atoms with Crippen LogP contribution in [-0.2, 0) is 25.7 Å². The number of nitrogens with zero attached hydrogens (tertiary/aromatic N) is 2. The van der Waals surface area contributed by atoms with Gasteiger partial charge in [-0.25, -0.2) is 4.79 Å². The lowest BCUT2D eigenvalue weighted by Crippen LogP contribution is -2.59. The Morgan fingerprint density at radius 2 is 2.08 bits per heavy atom. The predicted molar refractivity (Wildman–Crippen MR) is 86.3 cm³/mol. The summed E-state index contributed by atoms with van der Waals surface area (Å²) in [5, 5.41) is 9.86. The highest BCUT2D eigenvalue weighted by molar-refractivity contribution is 8.14.